The van der Waals surface area contributed by atoms with Gasteiger partial charge in [0.05, 0.1) is 6.10 Å². The molecule has 1 atom stereocenters. The zero-order valence-electron chi connectivity index (χ0n) is 12.7. The van der Waals surface area contributed by atoms with Crippen LogP contribution in [0, 0.1) is 5.41 Å². The minimum absolute atomic E-state index is 0.235. The van der Waals surface area contributed by atoms with Gasteiger partial charge < -0.3 is 10.1 Å². The molecule has 0 radical (unpaired) electrons. The minimum atomic E-state index is 0.235. The highest BCUT2D eigenvalue weighted by molar-refractivity contribution is 5.30. The van der Waals surface area contributed by atoms with Crippen LogP contribution in [0.25, 0.3) is 0 Å². The number of hydrogen-bond acceptors (Lipinski definition) is 2. The van der Waals surface area contributed by atoms with Gasteiger partial charge in [0.25, 0.3) is 0 Å². The maximum atomic E-state index is 5.71. The molecule has 1 aromatic carbocycles. The highest BCUT2D eigenvalue weighted by Crippen LogP contribution is 2.47. The molecule has 0 aliphatic heterocycles. The summed E-state index contributed by atoms with van der Waals surface area (Å²) in [7, 11) is 2.08. The second-order valence-electron chi connectivity index (χ2n) is 6.32. The van der Waals surface area contributed by atoms with Crippen LogP contribution in [0.2, 0.25) is 0 Å². The maximum absolute atomic E-state index is 5.71. The standard InChI is InChI=1S/C17H27NO/c1-13(2)19-15-9-7-14(8-10-15)16(18-4)17(3)11-5-6-12-17/h7-10,13,16,18H,5-6,11-12H2,1-4H3. The van der Waals surface area contributed by atoms with Gasteiger partial charge in [-0.15, -0.1) is 0 Å². The van der Waals surface area contributed by atoms with Crippen molar-refractivity contribution in [2.45, 2.75) is 58.6 Å². The van der Waals surface area contributed by atoms with Crippen molar-refractivity contribution in [1.29, 1.82) is 0 Å². The van der Waals surface area contributed by atoms with Gasteiger partial charge in [0.15, 0.2) is 0 Å². The summed E-state index contributed by atoms with van der Waals surface area (Å²) in [5.41, 5.74) is 1.78. The fourth-order valence-electron chi connectivity index (χ4n) is 3.40. The van der Waals surface area contributed by atoms with Crippen molar-refractivity contribution in [3.05, 3.63) is 29.8 Å². The van der Waals surface area contributed by atoms with Gasteiger partial charge in [0.1, 0.15) is 5.75 Å². The first-order valence-electron chi connectivity index (χ1n) is 7.49. The summed E-state index contributed by atoms with van der Waals surface area (Å²) in [4.78, 5) is 0. The molecule has 2 heteroatoms. The molecule has 1 unspecified atom stereocenters. The topological polar surface area (TPSA) is 21.3 Å². The Kier molecular flexibility index (Phi) is 4.51. The molecule has 1 aromatic rings. The number of benzene rings is 1. The lowest BCUT2D eigenvalue weighted by Crippen LogP contribution is -2.32. The van der Waals surface area contributed by atoms with E-state index in [4.69, 9.17) is 4.74 Å². The molecule has 0 saturated heterocycles. The average Bonchev–Trinajstić information content (AvgIpc) is 2.79. The maximum Gasteiger partial charge on any atom is 0.119 e. The van der Waals surface area contributed by atoms with Crippen LogP contribution in [0.4, 0.5) is 0 Å². The van der Waals surface area contributed by atoms with Crippen molar-refractivity contribution in [2.75, 3.05) is 7.05 Å². The molecule has 19 heavy (non-hydrogen) atoms. The van der Waals surface area contributed by atoms with E-state index in [-0.39, 0.29) is 6.10 Å². The zero-order chi connectivity index (χ0) is 13.9. The highest BCUT2D eigenvalue weighted by Gasteiger charge is 2.36. The fraction of sp³-hybridized carbons (Fsp3) is 0.647. The fourth-order valence-corrected chi connectivity index (χ4v) is 3.40. The van der Waals surface area contributed by atoms with Gasteiger partial charge in [-0.1, -0.05) is 31.9 Å². The monoisotopic (exact) mass is 261 g/mol. The summed E-state index contributed by atoms with van der Waals surface area (Å²) >= 11 is 0. The van der Waals surface area contributed by atoms with E-state index < -0.39 is 0 Å². The third-order valence-electron chi connectivity index (χ3n) is 4.32. The van der Waals surface area contributed by atoms with Gasteiger partial charge in [-0.05, 0) is 56.8 Å². The van der Waals surface area contributed by atoms with Crippen LogP contribution in [0.1, 0.15) is 58.1 Å². The summed E-state index contributed by atoms with van der Waals surface area (Å²) < 4.78 is 5.71. The van der Waals surface area contributed by atoms with E-state index in [2.05, 4.69) is 57.4 Å². The van der Waals surface area contributed by atoms with Crippen molar-refractivity contribution in [2.24, 2.45) is 5.41 Å². The molecule has 2 nitrogen and oxygen atoms in total. The van der Waals surface area contributed by atoms with Gasteiger partial charge in [-0.3, -0.25) is 0 Å². The van der Waals surface area contributed by atoms with Gasteiger partial charge in [-0.2, -0.15) is 0 Å². The Bertz CT molecular complexity index is 390. The van der Waals surface area contributed by atoms with Gasteiger partial charge in [-0.25, -0.2) is 0 Å². The SMILES string of the molecule is CNC(c1ccc(OC(C)C)cc1)C1(C)CCCC1. The third kappa shape index (κ3) is 3.30. The van der Waals surface area contributed by atoms with Gasteiger partial charge in [0.2, 0.25) is 0 Å². The number of nitrogens with one attached hydrogen (secondary N) is 1. The predicted molar refractivity (Wildman–Crippen MR) is 80.6 cm³/mol. The second kappa shape index (κ2) is 5.96. The number of ether oxygens (including phenoxy) is 1. The third-order valence-corrected chi connectivity index (χ3v) is 4.32. The zero-order valence-corrected chi connectivity index (χ0v) is 12.7. The van der Waals surface area contributed by atoms with Crippen LogP contribution < -0.4 is 10.1 Å². The first-order valence-corrected chi connectivity index (χ1v) is 7.49. The summed E-state index contributed by atoms with van der Waals surface area (Å²) in [6.45, 7) is 6.54. The second-order valence-corrected chi connectivity index (χ2v) is 6.32. The molecular formula is C17H27NO. The molecule has 1 N–H and O–H groups in total. The van der Waals surface area contributed by atoms with E-state index in [0.29, 0.717) is 11.5 Å². The van der Waals surface area contributed by atoms with Crippen LogP contribution in [0.5, 0.6) is 5.75 Å². The molecule has 0 aromatic heterocycles. The first kappa shape index (κ1) is 14.4. The molecule has 0 bridgehead atoms. The molecule has 0 spiro atoms. The van der Waals surface area contributed by atoms with Crippen LogP contribution >= 0.6 is 0 Å². The Morgan fingerprint density at radius 1 is 1.11 bits per heavy atom. The van der Waals surface area contributed by atoms with Gasteiger partial charge >= 0.3 is 0 Å². The van der Waals surface area contributed by atoms with E-state index in [1.165, 1.54) is 31.2 Å². The van der Waals surface area contributed by atoms with Crippen LogP contribution in [0.15, 0.2) is 24.3 Å². The van der Waals surface area contributed by atoms with E-state index in [9.17, 15) is 0 Å². The Labute approximate surface area is 117 Å². The molecular weight excluding hydrogens is 234 g/mol. The lowest BCUT2D eigenvalue weighted by atomic mass is 9.77. The lowest BCUT2D eigenvalue weighted by molar-refractivity contribution is 0.231. The van der Waals surface area contributed by atoms with E-state index in [0.717, 1.165) is 5.75 Å². The van der Waals surface area contributed by atoms with Crippen molar-refractivity contribution in [3.63, 3.8) is 0 Å². The average molecular weight is 261 g/mol. The number of hydrogen-bond donors (Lipinski definition) is 1. The summed E-state index contributed by atoms with van der Waals surface area (Å²) in [6, 6.07) is 9.06. The van der Waals surface area contributed by atoms with Crippen molar-refractivity contribution in [1.82, 2.24) is 5.32 Å². The summed E-state index contributed by atoms with van der Waals surface area (Å²) in [5, 5.41) is 3.52. The molecule has 1 fully saturated rings. The van der Waals surface area contributed by atoms with E-state index in [1.807, 2.05) is 0 Å². The van der Waals surface area contributed by atoms with Crippen LogP contribution in [0.3, 0.4) is 0 Å². The Morgan fingerprint density at radius 3 is 2.16 bits per heavy atom. The number of rotatable bonds is 5. The Balaban J connectivity index is 2.15. The molecule has 1 aliphatic rings. The van der Waals surface area contributed by atoms with Crippen molar-refractivity contribution in [3.8, 4) is 5.75 Å². The lowest BCUT2D eigenvalue weighted by Gasteiger charge is -2.34. The Morgan fingerprint density at radius 2 is 1.68 bits per heavy atom. The first-order chi connectivity index (χ1) is 9.05. The summed E-state index contributed by atoms with van der Waals surface area (Å²) in [5.74, 6) is 0.963. The molecule has 0 amide bonds. The minimum Gasteiger partial charge on any atom is -0.491 e. The molecule has 1 saturated carbocycles. The molecule has 1 aliphatic carbocycles. The summed E-state index contributed by atoms with van der Waals surface area (Å²) in [6.07, 6.45) is 5.61. The van der Waals surface area contributed by atoms with E-state index in [1.54, 1.807) is 0 Å². The van der Waals surface area contributed by atoms with E-state index >= 15 is 0 Å². The van der Waals surface area contributed by atoms with Crippen molar-refractivity contribution >= 4 is 0 Å². The normalized spacial score (nSPS) is 19.6. The molecule has 0 heterocycles. The van der Waals surface area contributed by atoms with Crippen LogP contribution in [-0.2, 0) is 0 Å². The smallest absolute Gasteiger partial charge is 0.119 e. The van der Waals surface area contributed by atoms with Gasteiger partial charge in [0, 0.05) is 6.04 Å². The van der Waals surface area contributed by atoms with Crippen molar-refractivity contribution < 1.29 is 4.74 Å². The highest BCUT2D eigenvalue weighted by atomic mass is 16.5. The molecule has 106 valence electrons. The quantitative estimate of drug-likeness (QED) is 0.852. The Hall–Kier alpha value is -1.02. The largest absolute Gasteiger partial charge is 0.491 e. The predicted octanol–water partition coefficient (Wildman–Crippen LogP) is 4.31. The molecule has 2 rings (SSSR count). The van der Waals surface area contributed by atoms with Crippen LogP contribution in [-0.4, -0.2) is 13.2 Å².